The van der Waals surface area contributed by atoms with Crippen molar-refractivity contribution in [1.82, 2.24) is 0 Å². The third kappa shape index (κ3) is 2.78. The van der Waals surface area contributed by atoms with Crippen LogP contribution in [-0.2, 0) is 0 Å². The quantitative estimate of drug-likeness (QED) is 0.906. The third-order valence-electron chi connectivity index (χ3n) is 4.77. The first-order valence-corrected chi connectivity index (χ1v) is 8.28. The van der Waals surface area contributed by atoms with Gasteiger partial charge in [-0.15, -0.1) is 0 Å². The zero-order valence-electron chi connectivity index (χ0n) is 15.6. The molecule has 2 aromatic rings. The average molecular weight is 359 g/mol. The molecule has 0 aliphatic heterocycles. The minimum atomic E-state index is 0.265. The van der Waals surface area contributed by atoms with Crippen LogP contribution >= 0.6 is 0 Å². The molecule has 134 valence electrons. The van der Waals surface area contributed by atoms with Crippen molar-refractivity contribution >= 4 is 23.0 Å². The van der Waals surface area contributed by atoms with Crippen molar-refractivity contribution in [1.29, 1.82) is 10.5 Å². The van der Waals surface area contributed by atoms with Gasteiger partial charge in [0.2, 0.25) is 0 Å². The van der Waals surface area contributed by atoms with Crippen LogP contribution in [0.1, 0.15) is 34.9 Å². The molecule has 1 aromatic carbocycles. The van der Waals surface area contributed by atoms with Gasteiger partial charge >= 0.3 is 0 Å². The number of hydrogen-bond acceptors (Lipinski definition) is 5. The number of ether oxygens (including phenoxy) is 2. The summed E-state index contributed by atoms with van der Waals surface area (Å²) < 4.78 is 10.7. The molecule has 0 saturated heterocycles. The van der Waals surface area contributed by atoms with E-state index in [1.807, 2.05) is 38.1 Å². The van der Waals surface area contributed by atoms with Gasteiger partial charge in [0.05, 0.1) is 14.2 Å². The number of aromatic nitrogens is 1. The molecule has 0 saturated carbocycles. The second-order valence-electron chi connectivity index (χ2n) is 6.18. The number of pyridine rings is 1. The van der Waals surface area contributed by atoms with Crippen LogP contribution in [0.5, 0.6) is 11.5 Å². The number of benzene rings is 1. The minimum absolute atomic E-state index is 0.265. The van der Waals surface area contributed by atoms with E-state index in [4.69, 9.17) is 15.2 Å². The van der Waals surface area contributed by atoms with E-state index in [9.17, 15) is 10.5 Å². The van der Waals surface area contributed by atoms with E-state index in [2.05, 4.69) is 17.1 Å². The number of fused-ring (bicyclic) bond motifs is 1. The summed E-state index contributed by atoms with van der Waals surface area (Å²) in [5.74, 6) is 1.52. The number of methoxy groups -OCH3 is 2. The van der Waals surface area contributed by atoms with E-state index in [0.29, 0.717) is 28.3 Å². The number of nitrogen functional groups attached to an aromatic ring is 1. The monoisotopic (exact) mass is 359 g/mol. The topological polar surface area (TPSA) is 106 Å². The van der Waals surface area contributed by atoms with Gasteiger partial charge in [-0.2, -0.15) is 10.5 Å². The van der Waals surface area contributed by atoms with Crippen LogP contribution in [-0.4, -0.2) is 14.2 Å². The number of anilines is 1. The molecule has 0 unspecified atom stereocenters. The van der Waals surface area contributed by atoms with E-state index in [-0.39, 0.29) is 5.82 Å². The van der Waals surface area contributed by atoms with Crippen LogP contribution in [0, 0.1) is 29.6 Å². The van der Waals surface area contributed by atoms with E-state index in [1.165, 1.54) is 0 Å². The fraction of sp³-hybridized carbons (Fsp3) is 0.190. The molecule has 27 heavy (non-hydrogen) atoms. The van der Waals surface area contributed by atoms with Crippen LogP contribution < -0.4 is 20.2 Å². The Kier molecular flexibility index (Phi) is 4.58. The lowest BCUT2D eigenvalue weighted by Gasteiger charge is -2.10. The van der Waals surface area contributed by atoms with Crippen molar-refractivity contribution < 1.29 is 14.5 Å². The molecule has 0 spiro atoms. The fourth-order valence-electron chi connectivity index (χ4n) is 3.38. The zero-order valence-corrected chi connectivity index (χ0v) is 15.6. The molecular formula is C21H19N4O2+. The van der Waals surface area contributed by atoms with Crippen LogP contribution in [0.4, 0.5) is 5.82 Å². The number of nitrogens with one attached hydrogen (secondary N) is 1. The first kappa shape index (κ1) is 18.0. The molecule has 0 fully saturated rings. The lowest BCUT2D eigenvalue weighted by Crippen LogP contribution is -2.20. The van der Waals surface area contributed by atoms with Crippen molar-refractivity contribution in [2.45, 2.75) is 13.8 Å². The Labute approximate surface area is 157 Å². The van der Waals surface area contributed by atoms with Gasteiger partial charge in [-0.25, -0.2) is 4.98 Å². The SMILES string of the molecule is COc1ccc(/C=C2\C(C)=C(C#N)c3[nH+]c(N)c(C#N)c(C)c32)cc1OC. The normalized spacial score (nSPS) is 13.9. The number of H-pyrrole nitrogens is 1. The highest BCUT2D eigenvalue weighted by Crippen LogP contribution is 2.43. The lowest BCUT2D eigenvalue weighted by atomic mass is 9.95. The lowest BCUT2D eigenvalue weighted by molar-refractivity contribution is -0.364. The molecule has 1 aliphatic carbocycles. The predicted molar refractivity (Wildman–Crippen MR) is 102 cm³/mol. The summed E-state index contributed by atoms with van der Waals surface area (Å²) >= 11 is 0. The molecule has 0 atom stereocenters. The second-order valence-corrected chi connectivity index (χ2v) is 6.18. The maximum atomic E-state index is 9.63. The van der Waals surface area contributed by atoms with Gasteiger partial charge in [0.25, 0.3) is 5.82 Å². The third-order valence-corrected chi connectivity index (χ3v) is 4.77. The van der Waals surface area contributed by atoms with E-state index in [1.54, 1.807) is 14.2 Å². The predicted octanol–water partition coefficient (Wildman–Crippen LogP) is 3.13. The van der Waals surface area contributed by atoms with Crippen molar-refractivity contribution in [3.05, 3.63) is 51.7 Å². The molecule has 0 radical (unpaired) electrons. The van der Waals surface area contributed by atoms with Gasteiger partial charge in [0, 0.05) is 5.56 Å². The summed E-state index contributed by atoms with van der Waals surface area (Å²) in [5, 5.41) is 19.1. The van der Waals surface area contributed by atoms with Gasteiger partial charge < -0.3 is 9.47 Å². The first-order valence-electron chi connectivity index (χ1n) is 8.28. The highest BCUT2D eigenvalue weighted by molar-refractivity contribution is 6.07. The second kappa shape index (κ2) is 6.86. The van der Waals surface area contributed by atoms with Crippen molar-refractivity contribution in [3.8, 4) is 23.6 Å². The number of allylic oxidation sites excluding steroid dienone is 3. The van der Waals surface area contributed by atoms with Crippen molar-refractivity contribution in [2.24, 2.45) is 0 Å². The summed E-state index contributed by atoms with van der Waals surface area (Å²) in [5.41, 5.74) is 11.7. The Balaban J connectivity index is 2.27. The number of nitrogens with zero attached hydrogens (tertiary/aromatic N) is 2. The average Bonchev–Trinajstić information content (AvgIpc) is 2.92. The van der Waals surface area contributed by atoms with Crippen LogP contribution in [0.25, 0.3) is 17.2 Å². The highest BCUT2D eigenvalue weighted by atomic mass is 16.5. The van der Waals surface area contributed by atoms with Gasteiger partial charge in [0.15, 0.2) is 17.2 Å². The van der Waals surface area contributed by atoms with Gasteiger partial charge in [-0.05, 0) is 54.3 Å². The molecule has 1 aliphatic rings. The van der Waals surface area contributed by atoms with Crippen molar-refractivity contribution in [3.63, 3.8) is 0 Å². The Bertz CT molecular complexity index is 1100. The summed E-state index contributed by atoms with van der Waals surface area (Å²) in [6.07, 6.45) is 1.97. The number of nitrogens with two attached hydrogens (primary N) is 1. The summed E-state index contributed by atoms with van der Waals surface area (Å²) in [7, 11) is 3.17. The van der Waals surface area contributed by atoms with E-state index >= 15 is 0 Å². The van der Waals surface area contributed by atoms with Crippen LogP contribution in [0.2, 0.25) is 0 Å². The van der Waals surface area contributed by atoms with Gasteiger partial charge in [-0.1, -0.05) is 6.07 Å². The van der Waals surface area contributed by atoms with Crippen LogP contribution in [0.3, 0.4) is 0 Å². The maximum Gasteiger partial charge on any atom is 0.289 e. The first-order chi connectivity index (χ1) is 13.0. The molecular weight excluding hydrogens is 340 g/mol. The summed E-state index contributed by atoms with van der Waals surface area (Å²) in [4.78, 5) is 3.03. The molecule has 1 aromatic heterocycles. The molecule has 1 heterocycles. The Morgan fingerprint density at radius 2 is 1.78 bits per heavy atom. The number of rotatable bonds is 3. The number of hydrogen-bond donors (Lipinski definition) is 1. The highest BCUT2D eigenvalue weighted by Gasteiger charge is 2.32. The number of aromatic amines is 1. The van der Waals surface area contributed by atoms with Crippen molar-refractivity contribution in [2.75, 3.05) is 20.0 Å². The Morgan fingerprint density at radius 1 is 1.07 bits per heavy atom. The number of nitriles is 2. The molecule has 3 N–H and O–H groups in total. The smallest absolute Gasteiger partial charge is 0.289 e. The van der Waals surface area contributed by atoms with Gasteiger partial charge in [0.1, 0.15) is 23.3 Å². The molecule has 0 amide bonds. The molecule has 6 nitrogen and oxygen atoms in total. The van der Waals surface area contributed by atoms with E-state index < -0.39 is 0 Å². The van der Waals surface area contributed by atoms with Crippen LogP contribution in [0.15, 0.2) is 23.8 Å². The molecule has 3 rings (SSSR count). The van der Waals surface area contributed by atoms with E-state index in [0.717, 1.165) is 27.8 Å². The minimum Gasteiger partial charge on any atom is -0.493 e. The Hall–Kier alpha value is -3.77. The summed E-state index contributed by atoms with van der Waals surface area (Å²) in [6.45, 7) is 3.73. The largest absolute Gasteiger partial charge is 0.493 e. The molecule has 0 bridgehead atoms. The van der Waals surface area contributed by atoms with Gasteiger partial charge in [-0.3, -0.25) is 5.73 Å². The maximum absolute atomic E-state index is 9.63. The summed E-state index contributed by atoms with van der Waals surface area (Å²) in [6, 6.07) is 9.98. The molecule has 6 heteroatoms. The fourth-order valence-corrected chi connectivity index (χ4v) is 3.38. The zero-order chi connectivity index (χ0) is 19.7. The Morgan fingerprint density at radius 3 is 2.37 bits per heavy atom. The standard InChI is InChI=1S/C21H18N4O2/c1-11-14(7-13-5-6-17(26-3)18(8-13)27-4)19-12(2)16(10-23)21(24)25-20(19)15(11)9-22/h5-8H,1-4H3,(H2,24,25)/p+1/b14-7+.